The van der Waals surface area contributed by atoms with Gasteiger partial charge in [0, 0.05) is 38.6 Å². The number of benzene rings is 2. The Bertz CT molecular complexity index is 876. The zero-order valence-corrected chi connectivity index (χ0v) is 17.3. The van der Waals surface area contributed by atoms with Gasteiger partial charge in [-0.1, -0.05) is 29.3 Å². The van der Waals surface area contributed by atoms with Crippen LogP contribution in [0, 0.1) is 0 Å². The number of likely N-dealkylation sites (tertiary alicyclic amines) is 1. The lowest BCUT2D eigenvalue weighted by Gasteiger charge is -2.22. The summed E-state index contributed by atoms with van der Waals surface area (Å²) in [6.07, 6.45) is 2.03. The van der Waals surface area contributed by atoms with Crippen molar-refractivity contribution in [2.45, 2.75) is 12.8 Å². The number of urea groups is 1. The van der Waals surface area contributed by atoms with Crippen molar-refractivity contribution in [2.24, 2.45) is 0 Å². The van der Waals surface area contributed by atoms with E-state index >= 15 is 0 Å². The third kappa shape index (κ3) is 4.51. The molecule has 3 rings (SSSR count). The molecule has 28 heavy (non-hydrogen) atoms. The van der Waals surface area contributed by atoms with E-state index in [1.54, 1.807) is 30.3 Å². The first-order chi connectivity index (χ1) is 13.4. The maximum absolute atomic E-state index is 12.9. The first kappa shape index (κ1) is 20.3. The van der Waals surface area contributed by atoms with Crippen LogP contribution in [0.1, 0.15) is 23.2 Å². The number of anilines is 3. The molecule has 148 valence electrons. The fourth-order valence-electron chi connectivity index (χ4n) is 3.16. The van der Waals surface area contributed by atoms with Crippen molar-refractivity contribution in [3.05, 3.63) is 52.0 Å². The number of hydrogen-bond donors (Lipinski definition) is 2. The maximum Gasteiger partial charge on any atom is 0.323 e. The number of halogens is 2. The average molecular weight is 421 g/mol. The Morgan fingerprint density at radius 3 is 2.25 bits per heavy atom. The molecule has 1 heterocycles. The van der Waals surface area contributed by atoms with E-state index in [1.165, 1.54) is 0 Å². The van der Waals surface area contributed by atoms with E-state index in [0.29, 0.717) is 27.0 Å². The summed E-state index contributed by atoms with van der Waals surface area (Å²) in [6.45, 7) is 1.52. The number of para-hydroxylation sites is 1. The molecule has 3 amide bonds. The van der Waals surface area contributed by atoms with Gasteiger partial charge in [0.25, 0.3) is 5.91 Å². The highest BCUT2D eigenvalue weighted by atomic mass is 35.5. The summed E-state index contributed by atoms with van der Waals surface area (Å²) in [7, 11) is 3.77. The van der Waals surface area contributed by atoms with Crippen LogP contribution in [-0.4, -0.2) is 44.0 Å². The van der Waals surface area contributed by atoms with E-state index in [0.717, 1.165) is 31.6 Å². The van der Waals surface area contributed by atoms with Crippen LogP contribution in [0.15, 0.2) is 36.4 Å². The number of nitrogens with one attached hydrogen (secondary N) is 2. The van der Waals surface area contributed by atoms with Crippen LogP contribution in [0.3, 0.4) is 0 Å². The van der Waals surface area contributed by atoms with Crippen molar-refractivity contribution in [3.8, 4) is 0 Å². The molecule has 6 nitrogen and oxygen atoms in total. The standard InChI is InChI=1S/C20H22Cl2N4O2/c1-25(2)17-9-8-13(12-14(17)19(27)26-10-3-4-11-26)23-20(28)24-18-15(21)6-5-7-16(18)22/h5-9,12H,3-4,10-11H2,1-2H3,(H2,23,24,28). The summed E-state index contributed by atoms with van der Waals surface area (Å²) in [6, 6.07) is 9.76. The molecule has 0 spiro atoms. The van der Waals surface area contributed by atoms with Crippen LogP contribution in [0.25, 0.3) is 0 Å². The molecular weight excluding hydrogens is 399 g/mol. The molecule has 2 N–H and O–H groups in total. The SMILES string of the molecule is CN(C)c1ccc(NC(=O)Nc2c(Cl)cccc2Cl)cc1C(=O)N1CCCC1. The summed E-state index contributed by atoms with van der Waals surface area (Å²) in [5, 5.41) is 6.07. The normalized spacial score (nSPS) is 13.4. The second-order valence-electron chi connectivity index (χ2n) is 6.80. The lowest BCUT2D eigenvalue weighted by Crippen LogP contribution is -2.29. The van der Waals surface area contributed by atoms with Gasteiger partial charge in [0.1, 0.15) is 0 Å². The quantitative estimate of drug-likeness (QED) is 0.735. The van der Waals surface area contributed by atoms with E-state index in [2.05, 4.69) is 10.6 Å². The highest BCUT2D eigenvalue weighted by molar-refractivity contribution is 6.39. The van der Waals surface area contributed by atoms with Gasteiger partial charge >= 0.3 is 6.03 Å². The van der Waals surface area contributed by atoms with Gasteiger partial charge in [-0.25, -0.2) is 4.79 Å². The number of hydrogen-bond acceptors (Lipinski definition) is 3. The van der Waals surface area contributed by atoms with Crippen molar-refractivity contribution < 1.29 is 9.59 Å². The van der Waals surface area contributed by atoms with Crippen LogP contribution >= 0.6 is 23.2 Å². The van der Waals surface area contributed by atoms with E-state index in [-0.39, 0.29) is 5.91 Å². The van der Waals surface area contributed by atoms with Crippen molar-refractivity contribution in [3.63, 3.8) is 0 Å². The molecular formula is C20H22Cl2N4O2. The number of carbonyl (C=O) groups excluding carboxylic acids is 2. The molecule has 1 fully saturated rings. The summed E-state index contributed by atoms with van der Waals surface area (Å²) >= 11 is 12.2. The van der Waals surface area contributed by atoms with Crippen molar-refractivity contribution >= 4 is 52.2 Å². The topological polar surface area (TPSA) is 64.7 Å². The number of amides is 3. The molecule has 8 heteroatoms. The minimum Gasteiger partial charge on any atom is -0.377 e. The Kier molecular flexibility index (Phi) is 6.31. The van der Waals surface area contributed by atoms with Gasteiger partial charge in [0.15, 0.2) is 0 Å². The molecule has 2 aromatic rings. The fourth-order valence-corrected chi connectivity index (χ4v) is 3.65. The fraction of sp³-hybridized carbons (Fsp3) is 0.300. The van der Waals surface area contributed by atoms with Gasteiger partial charge in [-0.3, -0.25) is 4.79 Å². The zero-order valence-electron chi connectivity index (χ0n) is 15.8. The Hall–Kier alpha value is -2.44. The summed E-state index contributed by atoms with van der Waals surface area (Å²) < 4.78 is 0. The lowest BCUT2D eigenvalue weighted by atomic mass is 10.1. The first-order valence-electron chi connectivity index (χ1n) is 8.99. The molecule has 1 aliphatic heterocycles. The van der Waals surface area contributed by atoms with Gasteiger partial charge in [0.05, 0.1) is 21.3 Å². The second kappa shape index (κ2) is 8.71. The van der Waals surface area contributed by atoms with Gasteiger partial charge in [-0.2, -0.15) is 0 Å². The Morgan fingerprint density at radius 2 is 1.64 bits per heavy atom. The highest BCUT2D eigenvalue weighted by Crippen LogP contribution is 2.30. The molecule has 0 bridgehead atoms. The number of rotatable bonds is 4. The lowest BCUT2D eigenvalue weighted by molar-refractivity contribution is 0.0793. The summed E-state index contributed by atoms with van der Waals surface area (Å²) in [5.74, 6) is -0.0283. The molecule has 0 saturated carbocycles. The highest BCUT2D eigenvalue weighted by Gasteiger charge is 2.23. The predicted molar refractivity (Wildman–Crippen MR) is 115 cm³/mol. The molecule has 1 aliphatic rings. The van der Waals surface area contributed by atoms with E-state index < -0.39 is 6.03 Å². The Balaban J connectivity index is 1.81. The molecule has 0 radical (unpaired) electrons. The van der Waals surface area contributed by atoms with Crippen molar-refractivity contribution in [1.29, 1.82) is 0 Å². The maximum atomic E-state index is 12.9. The first-order valence-corrected chi connectivity index (χ1v) is 9.75. The van der Waals surface area contributed by atoms with Crippen LogP contribution in [0.2, 0.25) is 10.0 Å². The van der Waals surface area contributed by atoms with Crippen LogP contribution in [0.5, 0.6) is 0 Å². The van der Waals surface area contributed by atoms with Gasteiger partial charge in [0.2, 0.25) is 0 Å². The zero-order chi connectivity index (χ0) is 20.3. The minimum atomic E-state index is -0.493. The van der Waals surface area contributed by atoms with E-state index in [1.807, 2.05) is 30.0 Å². The van der Waals surface area contributed by atoms with Gasteiger partial charge < -0.3 is 20.4 Å². The van der Waals surface area contributed by atoms with Crippen LogP contribution in [-0.2, 0) is 0 Å². The van der Waals surface area contributed by atoms with E-state index in [9.17, 15) is 9.59 Å². The molecule has 0 atom stereocenters. The third-order valence-corrected chi connectivity index (χ3v) is 5.19. The largest absolute Gasteiger partial charge is 0.377 e. The second-order valence-corrected chi connectivity index (χ2v) is 7.62. The van der Waals surface area contributed by atoms with Gasteiger partial charge in [-0.15, -0.1) is 0 Å². The summed E-state index contributed by atoms with van der Waals surface area (Å²) in [4.78, 5) is 29.1. The average Bonchev–Trinajstić information content (AvgIpc) is 3.18. The Labute approximate surface area is 174 Å². The van der Waals surface area contributed by atoms with Crippen molar-refractivity contribution in [1.82, 2.24) is 4.90 Å². The van der Waals surface area contributed by atoms with Crippen molar-refractivity contribution in [2.75, 3.05) is 42.7 Å². The third-order valence-electron chi connectivity index (χ3n) is 4.56. The molecule has 0 unspecified atom stereocenters. The molecule has 2 aromatic carbocycles. The monoisotopic (exact) mass is 420 g/mol. The smallest absolute Gasteiger partial charge is 0.323 e. The van der Waals surface area contributed by atoms with Crippen LogP contribution in [0.4, 0.5) is 21.9 Å². The molecule has 0 aliphatic carbocycles. The summed E-state index contributed by atoms with van der Waals surface area (Å²) in [5.41, 5.74) is 2.20. The van der Waals surface area contributed by atoms with Crippen LogP contribution < -0.4 is 15.5 Å². The van der Waals surface area contributed by atoms with E-state index in [4.69, 9.17) is 23.2 Å². The molecule has 1 saturated heterocycles. The predicted octanol–water partition coefficient (Wildman–Crippen LogP) is 4.94. The molecule has 0 aromatic heterocycles. The number of carbonyl (C=O) groups is 2. The number of nitrogens with zero attached hydrogens (tertiary/aromatic N) is 2. The van der Waals surface area contributed by atoms with Gasteiger partial charge in [-0.05, 0) is 43.2 Å². The Morgan fingerprint density at radius 1 is 1.00 bits per heavy atom. The minimum absolute atomic E-state index is 0.0283.